The van der Waals surface area contributed by atoms with Crippen LogP contribution >= 0.6 is 0 Å². The molecule has 0 bridgehead atoms. The lowest BCUT2D eigenvalue weighted by atomic mass is 10.0. The minimum Gasteiger partial charge on any atom is -0.458 e. The van der Waals surface area contributed by atoms with Gasteiger partial charge < -0.3 is 9.52 Å². The number of aliphatic hydroxyl groups is 1. The van der Waals surface area contributed by atoms with E-state index in [1.54, 1.807) is 0 Å². The molecular formula is C16H11F3O2. The fraction of sp³-hybridized carbons (Fsp3) is 0.125. The highest BCUT2D eigenvalue weighted by Gasteiger charge is 2.20. The average molecular weight is 292 g/mol. The van der Waals surface area contributed by atoms with E-state index < -0.39 is 23.6 Å². The van der Waals surface area contributed by atoms with Crippen molar-refractivity contribution in [1.29, 1.82) is 0 Å². The maximum Gasteiger partial charge on any atom is 0.139 e. The van der Waals surface area contributed by atoms with Gasteiger partial charge in [-0.2, -0.15) is 0 Å². The summed E-state index contributed by atoms with van der Waals surface area (Å²) in [5.74, 6) is -1.92. The van der Waals surface area contributed by atoms with Crippen molar-refractivity contribution >= 4 is 11.0 Å². The molecule has 2 nitrogen and oxygen atoms in total. The molecule has 0 radical (unpaired) electrons. The second kappa shape index (κ2) is 4.93. The molecule has 0 saturated heterocycles. The largest absolute Gasteiger partial charge is 0.458 e. The molecule has 0 aliphatic carbocycles. The molecule has 1 N–H and O–H groups in total. The van der Waals surface area contributed by atoms with Crippen LogP contribution in [0.1, 0.15) is 23.0 Å². The number of halogens is 3. The van der Waals surface area contributed by atoms with E-state index in [0.29, 0.717) is 11.0 Å². The fourth-order valence-corrected chi connectivity index (χ4v) is 2.21. The lowest BCUT2D eigenvalue weighted by molar-refractivity contribution is 0.187. The highest BCUT2D eigenvalue weighted by atomic mass is 19.1. The predicted molar refractivity (Wildman–Crippen MR) is 71.3 cm³/mol. The number of fused-ring (bicyclic) bond motifs is 1. The van der Waals surface area contributed by atoms with Crippen LogP contribution in [0, 0.1) is 24.4 Å². The molecule has 0 fully saturated rings. The van der Waals surface area contributed by atoms with Gasteiger partial charge in [0, 0.05) is 17.0 Å². The molecule has 1 unspecified atom stereocenters. The third-order valence-electron chi connectivity index (χ3n) is 3.34. The molecule has 2 aromatic carbocycles. The minimum atomic E-state index is -1.39. The SMILES string of the molecule is Cc1cc(C(O)c2cc3cc(F)ccc3o2)c(F)cc1F. The molecule has 1 heterocycles. The molecule has 1 aromatic heterocycles. The van der Waals surface area contributed by atoms with Crippen LogP contribution in [0.5, 0.6) is 0 Å². The van der Waals surface area contributed by atoms with Gasteiger partial charge in [-0.25, -0.2) is 13.2 Å². The molecule has 0 aliphatic heterocycles. The summed E-state index contributed by atoms with van der Waals surface area (Å²) in [7, 11) is 0. The quantitative estimate of drug-likeness (QED) is 0.766. The summed E-state index contributed by atoms with van der Waals surface area (Å²) >= 11 is 0. The van der Waals surface area contributed by atoms with Crippen LogP contribution in [0.2, 0.25) is 0 Å². The van der Waals surface area contributed by atoms with Crippen molar-refractivity contribution in [3.8, 4) is 0 Å². The Balaban J connectivity index is 2.07. The third kappa shape index (κ3) is 2.40. The molecule has 0 spiro atoms. The van der Waals surface area contributed by atoms with Crippen molar-refractivity contribution in [3.05, 3.63) is 70.7 Å². The van der Waals surface area contributed by atoms with Gasteiger partial charge in [0.1, 0.15) is 34.9 Å². The lowest BCUT2D eigenvalue weighted by Gasteiger charge is -2.10. The first-order chi connectivity index (χ1) is 9.95. The van der Waals surface area contributed by atoms with Crippen molar-refractivity contribution in [1.82, 2.24) is 0 Å². The second-order valence-corrected chi connectivity index (χ2v) is 4.86. The van der Waals surface area contributed by atoms with Gasteiger partial charge in [0.25, 0.3) is 0 Å². The highest BCUT2D eigenvalue weighted by molar-refractivity contribution is 5.78. The summed E-state index contributed by atoms with van der Waals surface area (Å²) in [5, 5.41) is 10.7. The standard InChI is InChI=1S/C16H11F3O2/c1-8-4-11(13(19)7-12(8)18)16(20)15-6-9-5-10(17)2-3-14(9)21-15/h2-7,16,20H,1H3. The number of aliphatic hydroxyl groups excluding tert-OH is 1. The topological polar surface area (TPSA) is 33.4 Å². The first kappa shape index (κ1) is 13.7. The van der Waals surface area contributed by atoms with Gasteiger partial charge in [-0.15, -0.1) is 0 Å². The minimum absolute atomic E-state index is 0.0699. The second-order valence-electron chi connectivity index (χ2n) is 4.86. The Morgan fingerprint density at radius 2 is 1.76 bits per heavy atom. The molecule has 1 atom stereocenters. The van der Waals surface area contributed by atoms with Gasteiger partial charge in [-0.1, -0.05) is 0 Å². The number of furan rings is 1. The van der Waals surface area contributed by atoms with E-state index in [4.69, 9.17) is 4.42 Å². The van der Waals surface area contributed by atoms with Gasteiger partial charge in [0.15, 0.2) is 0 Å². The Labute approximate surface area is 118 Å². The number of hydrogen-bond donors (Lipinski definition) is 1. The fourth-order valence-electron chi connectivity index (χ4n) is 2.21. The van der Waals surface area contributed by atoms with Gasteiger partial charge in [-0.3, -0.25) is 0 Å². The Kier molecular flexibility index (Phi) is 3.22. The first-order valence-corrected chi connectivity index (χ1v) is 6.28. The summed E-state index contributed by atoms with van der Waals surface area (Å²) in [6, 6.07) is 7.28. The van der Waals surface area contributed by atoms with Crippen molar-refractivity contribution in [3.63, 3.8) is 0 Å². The van der Waals surface area contributed by atoms with Crippen molar-refractivity contribution in [2.45, 2.75) is 13.0 Å². The van der Waals surface area contributed by atoms with Crippen LogP contribution in [0.15, 0.2) is 40.8 Å². The maximum absolute atomic E-state index is 13.8. The van der Waals surface area contributed by atoms with Gasteiger partial charge in [0.2, 0.25) is 0 Å². The predicted octanol–water partition coefficient (Wildman–Crippen LogP) is 4.24. The molecule has 3 rings (SSSR count). The van der Waals surface area contributed by atoms with E-state index in [0.717, 1.165) is 6.07 Å². The number of rotatable bonds is 2. The van der Waals surface area contributed by atoms with Crippen molar-refractivity contribution in [2.75, 3.05) is 0 Å². The monoisotopic (exact) mass is 292 g/mol. The Bertz CT molecular complexity index is 824. The Morgan fingerprint density at radius 1 is 1.00 bits per heavy atom. The van der Waals surface area contributed by atoms with Crippen LogP contribution in [-0.4, -0.2) is 5.11 Å². The molecule has 0 amide bonds. The summed E-state index contributed by atoms with van der Waals surface area (Å²) < 4.78 is 45.5. The Hall–Kier alpha value is -2.27. The van der Waals surface area contributed by atoms with Crippen LogP contribution in [-0.2, 0) is 0 Å². The van der Waals surface area contributed by atoms with Gasteiger partial charge in [-0.05, 0) is 42.8 Å². The third-order valence-corrected chi connectivity index (χ3v) is 3.34. The van der Waals surface area contributed by atoms with E-state index in [1.807, 2.05) is 0 Å². The summed E-state index contributed by atoms with van der Waals surface area (Å²) in [4.78, 5) is 0. The molecule has 3 aromatic rings. The van der Waals surface area contributed by atoms with Crippen molar-refractivity contribution in [2.24, 2.45) is 0 Å². The van der Waals surface area contributed by atoms with E-state index in [-0.39, 0.29) is 16.9 Å². The summed E-state index contributed by atoms with van der Waals surface area (Å²) in [5.41, 5.74) is 0.505. The molecule has 5 heteroatoms. The van der Waals surface area contributed by atoms with E-state index in [9.17, 15) is 18.3 Å². The highest BCUT2D eigenvalue weighted by Crippen LogP contribution is 2.30. The summed E-state index contributed by atoms with van der Waals surface area (Å²) in [6.07, 6.45) is -1.39. The molecule has 108 valence electrons. The Morgan fingerprint density at radius 3 is 2.52 bits per heavy atom. The molecule has 0 saturated carbocycles. The normalized spacial score (nSPS) is 12.8. The average Bonchev–Trinajstić information content (AvgIpc) is 2.85. The van der Waals surface area contributed by atoms with Crippen LogP contribution in [0.3, 0.4) is 0 Å². The summed E-state index contributed by atoms with van der Waals surface area (Å²) in [6.45, 7) is 1.47. The van der Waals surface area contributed by atoms with Crippen molar-refractivity contribution < 1.29 is 22.7 Å². The van der Waals surface area contributed by atoms with Gasteiger partial charge >= 0.3 is 0 Å². The first-order valence-electron chi connectivity index (χ1n) is 6.28. The van der Waals surface area contributed by atoms with Crippen LogP contribution < -0.4 is 0 Å². The van der Waals surface area contributed by atoms with Crippen LogP contribution in [0.4, 0.5) is 13.2 Å². The molecule has 0 aliphatic rings. The zero-order valence-corrected chi connectivity index (χ0v) is 11.0. The maximum atomic E-state index is 13.8. The van der Waals surface area contributed by atoms with E-state index in [1.165, 1.54) is 37.3 Å². The molecular weight excluding hydrogens is 281 g/mol. The van der Waals surface area contributed by atoms with E-state index in [2.05, 4.69) is 0 Å². The van der Waals surface area contributed by atoms with Crippen LogP contribution in [0.25, 0.3) is 11.0 Å². The molecule has 21 heavy (non-hydrogen) atoms. The van der Waals surface area contributed by atoms with E-state index >= 15 is 0 Å². The lowest BCUT2D eigenvalue weighted by Crippen LogP contribution is -2.03. The smallest absolute Gasteiger partial charge is 0.139 e. The number of benzene rings is 2. The number of hydrogen-bond acceptors (Lipinski definition) is 2. The zero-order valence-electron chi connectivity index (χ0n) is 11.0. The number of aryl methyl sites for hydroxylation is 1. The zero-order chi connectivity index (χ0) is 15.1. The van der Waals surface area contributed by atoms with Gasteiger partial charge in [0.05, 0.1) is 0 Å².